The van der Waals surface area contributed by atoms with Gasteiger partial charge < -0.3 is 15.8 Å². The smallest absolute Gasteiger partial charge is 0.212 e. The maximum atomic E-state index is 5.77. The molecule has 0 saturated carbocycles. The summed E-state index contributed by atoms with van der Waals surface area (Å²) in [7, 11) is 1.63. The lowest BCUT2D eigenvalue weighted by molar-refractivity contribution is 0.208. The van der Waals surface area contributed by atoms with Crippen LogP contribution in [0.4, 0.5) is 5.13 Å². The number of aromatic nitrogens is 2. The van der Waals surface area contributed by atoms with Crippen LogP contribution in [0.5, 0.6) is 0 Å². The minimum Gasteiger partial charge on any atom is -0.383 e. The number of halogens is 1. The highest BCUT2D eigenvalue weighted by Crippen LogP contribution is 2.29. The normalized spacial score (nSPS) is 11.1. The van der Waals surface area contributed by atoms with Crippen LogP contribution in [0.15, 0.2) is 23.2 Å². The highest BCUT2D eigenvalue weighted by molar-refractivity contribution is 7.18. The van der Waals surface area contributed by atoms with E-state index >= 15 is 0 Å². The van der Waals surface area contributed by atoms with Gasteiger partial charge in [0.2, 0.25) is 5.13 Å². The summed E-state index contributed by atoms with van der Waals surface area (Å²) in [5.41, 5.74) is 9.26. The molecule has 2 aromatic rings. The number of aliphatic imine (C=N–C) groups is 1. The second kappa shape index (κ2) is 8.67. The van der Waals surface area contributed by atoms with Crippen molar-refractivity contribution < 1.29 is 4.74 Å². The van der Waals surface area contributed by atoms with Crippen molar-refractivity contribution in [3.63, 3.8) is 0 Å². The Kier molecular flexibility index (Phi) is 7.23. The number of nitrogens with one attached hydrogen (secondary N) is 1. The van der Waals surface area contributed by atoms with Crippen molar-refractivity contribution in [2.24, 2.45) is 10.7 Å². The molecule has 0 bridgehead atoms. The first-order valence-corrected chi connectivity index (χ1v) is 7.39. The Morgan fingerprint density at radius 1 is 1.36 bits per heavy atom. The van der Waals surface area contributed by atoms with Crippen molar-refractivity contribution in [1.29, 1.82) is 0 Å². The van der Waals surface area contributed by atoms with Gasteiger partial charge in [-0.3, -0.25) is 4.99 Å². The van der Waals surface area contributed by atoms with Gasteiger partial charge in [0.05, 0.1) is 13.2 Å². The average molecular weight is 342 g/mol. The monoisotopic (exact) mass is 341 g/mol. The van der Waals surface area contributed by atoms with Crippen molar-refractivity contribution >= 4 is 34.8 Å². The van der Waals surface area contributed by atoms with Gasteiger partial charge in [-0.05, 0) is 19.4 Å². The fourth-order valence-electron chi connectivity index (χ4n) is 1.84. The van der Waals surface area contributed by atoms with Crippen LogP contribution in [0.3, 0.4) is 0 Å². The molecule has 6 nitrogen and oxygen atoms in total. The van der Waals surface area contributed by atoms with E-state index in [1.807, 2.05) is 0 Å². The minimum atomic E-state index is 0. The predicted molar refractivity (Wildman–Crippen MR) is 94.1 cm³/mol. The Labute approximate surface area is 140 Å². The summed E-state index contributed by atoms with van der Waals surface area (Å²) in [6, 6.07) is 6.26. The van der Waals surface area contributed by atoms with Crippen LogP contribution in [0.25, 0.3) is 10.6 Å². The number of aryl methyl sites for hydroxylation is 2. The summed E-state index contributed by atoms with van der Waals surface area (Å²) >= 11 is 1.45. The molecule has 0 atom stereocenters. The number of methoxy groups -OCH3 is 1. The molecule has 0 saturated heterocycles. The van der Waals surface area contributed by atoms with Crippen LogP contribution < -0.4 is 11.1 Å². The van der Waals surface area contributed by atoms with Crippen LogP contribution >= 0.6 is 23.7 Å². The van der Waals surface area contributed by atoms with Crippen LogP contribution in [0.1, 0.15) is 11.1 Å². The maximum Gasteiger partial charge on any atom is 0.212 e. The Morgan fingerprint density at radius 2 is 2.14 bits per heavy atom. The molecule has 120 valence electrons. The van der Waals surface area contributed by atoms with Crippen molar-refractivity contribution in [3.8, 4) is 10.6 Å². The Morgan fingerprint density at radius 3 is 2.82 bits per heavy atom. The van der Waals surface area contributed by atoms with Gasteiger partial charge in [0.1, 0.15) is 5.01 Å². The molecule has 0 aliphatic carbocycles. The van der Waals surface area contributed by atoms with Crippen molar-refractivity contribution in [2.75, 3.05) is 25.6 Å². The molecule has 3 N–H and O–H groups in total. The third-order valence-corrected chi connectivity index (χ3v) is 3.72. The van der Waals surface area contributed by atoms with E-state index in [-0.39, 0.29) is 12.4 Å². The molecule has 0 spiro atoms. The van der Waals surface area contributed by atoms with Gasteiger partial charge in [0.15, 0.2) is 5.96 Å². The van der Waals surface area contributed by atoms with Gasteiger partial charge in [-0.15, -0.1) is 22.6 Å². The Bertz CT molecular complexity index is 644. The largest absolute Gasteiger partial charge is 0.383 e. The zero-order valence-electron chi connectivity index (χ0n) is 12.8. The molecular formula is C14H20ClN5OS. The lowest BCUT2D eigenvalue weighted by Gasteiger charge is -2.02. The molecule has 1 heterocycles. The van der Waals surface area contributed by atoms with Crippen LogP contribution in [-0.2, 0) is 4.74 Å². The van der Waals surface area contributed by atoms with Gasteiger partial charge in [0, 0.05) is 12.7 Å². The maximum absolute atomic E-state index is 5.77. The second-order valence-electron chi connectivity index (χ2n) is 4.62. The molecule has 22 heavy (non-hydrogen) atoms. The van der Waals surface area contributed by atoms with Gasteiger partial charge in [0.25, 0.3) is 0 Å². The molecular weight excluding hydrogens is 322 g/mol. The topological polar surface area (TPSA) is 85.4 Å². The molecule has 1 aromatic carbocycles. The number of rotatable bonds is 5. The highest BCUT2D eigenvalue weighted by atomic mass is 35.5. The number of nitrogens with zero attached hydrogens (tertiary/aromatic N) is 3. The van der Waals surface area contributed by atoms with E-state index in [0.717, 1.165) is 10.6 Å². The van der Waals surface area contributed by atoms with Gasteiger partial charge in [-0.25, -0.2) is 0 Å². The molecule has 0 unspecified atom stereocenters. The molecule has 0 aliphatic rings. The summed E-state index contributed by atoms with van der Waals surface area (Å²) in [5.74, 6) is 0.315. The number of hydrogen-bond acceptors (Lipinski definition) is 5. The zero-order chi connectivity index (χ0) is 15.2. The standard InChI is InChI=1S/C14H19N5OS.ClH/c1-9-4-5-11(10(2)8-9)12-18-19-14(21-12)17-13(15)16-6-7-20-3;/h4-5,8H,6-7H2,1-3H3,(H3,15,16,17,19);1H. The number of ether oxygens (including phenoxy) is 1. The molecule has 0 fully saturated rings. The summed E-state index contributed by atoms with van der Waals surface area (Å²) in [5, 5.41) is 12.7. The quantitative estimate of drug-likeness (QED) is 0.496. The SMILES string of the molecule is COCCN=C(N)Nc1nnc(-c2ccc(C)cc2C)s1.Cl. The zero-order valence-corrected chi connectivity index (χ0v) is 14.4. The first kappa shape index (κ1) is 18.3. The fraction of sp³-hybridized carbons (Fsp3) is 0.357. The van der Waals surface area contributed by atoms with E-state index < -0.39 is 0 Å². The Balaban J connectivity index is 0.00000242. The second-order valence-corrected chi connectivity index (χ2v) is 5.59. The predicted octanol–water partition coefficient (Wildman–Crippen LogP) is 2.62. The van der Waals surface area contributed by atoms with E-state index in [1.54, 1.807) is 7.11 Å². The molecule has 1 aromatic heterocycles. The summed E-state index contributed by atoms with van der Waals surface area (Å²) < 4.78 is 4.91. The molecule has 0 aliphatic heterocycles. The summed E-state index contributed by atoms with van der Waals surface area (Å²) in [4.78, 5) is 4.12. The van der Waals surface area contributed by atoms with E-state index in [4.69, 9.17) is 10.5 Å². The van der Waals surface area contributed by atoms with E-state index in [2.05, 4.69) is 52.6 Å². The van der Waals surface area contributed by atoms with Crippen LogP contribution in [-0.4, -0.2) is 36.4 Å². The first-order valence-electron chi connectivity index (χ1n) is 6.57. The van der Waals surface area contributed by atoms with Crippen molar-refractivity contribution in [2.45, 2.75) is 13.8 Å². The highest BCUT2D eigenvalue weighted by Gasteiger charge is 2.09. The van der Waals surface area contributed by atoms with Crippen molar-refractivity contribution in [1.82, 2.24) is 10.2 Å². The van der Waals surface area contributed by atoms with Crippen molar-refractivity contribution in [3.05, 3.63) is 29.3 Å². The average Bonchev–Trinajstić information content (AvgIpc) is 2.87. The number of hydrogen-bond donors (Lipinski definition) is 2. The first-order chi connectivity index (χ1) is 10.1. The number of nitrogens with two attached hydrogens (primary N) is 1. The minimum absolute atomic E-state index is 0. The van der Waals surface area contributed by atoms with E-state index in [9.17, 15) is 0 Å². The lowest BCUT2D eigenvalue weighted by atomic mass is 10.1. The van der Waals surface area contributed by atoms with Crippen LogP contribution in [0, 0.1) is 13.8 Å². The fourth-order valence-corrected chi connectivity index (χ4v) is 2.68. The number of anilines is 1. The van der Waals surface area contributed by atoms with E-state index in [0.29, 0.717) is 24.2 Å². The third kappa shape index (κ3) is 4.94. The summed E-state index contributed by atoms with van der Waals surface area (Å²) in [6.07, 6.45) is 0. The molecule has 2 rings (SSSR count). The lowest BCUT2D eigenvalue weighted by Crippen LogP contribution is -2.23. The third-order valence-electron chi connectivity index (χ3n) is 2.85. The van der Waals surface area contributed by atoms with E-state index in [1.165, 1.54) is 22.5 Å². The molecule has 8 heteroatoms. The van der Waals surface area contributed by atoms with Gasteiger partial charge in [-0.2, -0.15) is 0 Å². The van der Waals surface area contributed by atoms with Crippen LogP contribution in [0.2, 0.25) is 0 Å². The molecule has 0 radical (unpaired) electrons. The van der Waals surface area contributed by atoms with Gasteiger partial charge in [-0.1, -0.05) is 35.1 Å². The summed E-state index contributed by atoms with van der Waals surface area (Å²) in [6.45, 7) is 5.18. The number of guanidine groups is 1. The Hall–Kier alpha value is -1.70. The molecule has 0 amide bonds. The van der Waals surface area contributed by atoms with Gasteiger partial charge >= 0.3 is 0 Å². The number of benzene rings is 1.